The lowest BCUT2D eigenvalue weighted by Gasteiger charge is -2.27. The van der Waals surface area contributed by atoms with Crippen molar-refractivity contribution in [2.45, 2.75) is 32.6 Å². The summed E-state index contributed by atoms with van der Waals surface area (Å²) in [5, 5.41) is 0.930. The van der Waals surface area contributed by atoms with Crippen LogP contribution in [0.2, 0.25) is 0 Å². The third-order valence-electron chi connectivity index (χ3n) is 4.72. The topological polar surface area (TPSA) is 61.9 Å². The van der Waals surface area contributed by atoms with E-state index in [0.717, 1.165) is 21.0 Å². The van der Waals surface area contributed by atoms with Crippen LogP contribution in [0.1, 0.15) is 27.5 Å². The predicted molar refractivity (Wildman–Crippen MR) is 100.0 cm³/mol. The van der Waals surface area contributed by atoms with Gasteiger partial charge in [0.1, 0.15) is 5.01 Å². The first-order valence-electron chi connectivity index (χ1n) is 8.73. The SMILES string of the molecule is Cc1ccccc1-c1ncc(CN2CCc3nc(C(F)(F)F)[nH]c(=O)c3C2)s1. The first-order valence-corrected chi connectivity index (χ1v) is 9.55. The largest absolute Gasteiger partial charge is 0.449 e. The van der Waals surface area contributed by atoms with Gasteiger partial charge in [-0.2, -0.15) is 13.2 Å². The van der Waals surface area contributed by atoms with Gasteiger partial charge in [-0.1, -0.05) is 24.3 Å². The normalized spacial score (nSPS) is 14.9. The Bertz CT molecular complexity index is 1070. The molecular weight excluding hydrogens is 389 g/mol. The van der Waals surface area contributed by atoms with Crippen LogP contribution in [0.15, 0.2) is 35.3 Å². The zero-order valence-electron chi connectivity index (χ0n) is 15.0. The van der Waals surface area contributed by atoms with Gasteiger partial charge in [-0.3, -0.25) is 9.69 Å². The quantitative estimate of drug-likeness (QED) is 0.719. The summed E-state index contributed by atoms with van der Waals surface area (Å²) >= 11 is 1.58. The molecule has 0 spiro atoms. The van der Waals surface area contributed by atoms with E-state index in [1.807, 2.05) is 47.3 Å². The second kappa shape index (κ2) is 7.14. The van der Waals surface area contributed by atoms with Crippen LogP contribution in [0.5, 0.6) is 0 Å². The Labute approximate surface area is 162 Å². The van der Waals surface area contributed by atoms with Crippen LogP contribution < -0.4 is 5.56 Å². The minimum atomic E-state index is -4.65. The average molecular weight is 406 g/mol. The van der Waals surface area contributed by atoms with Crippen molar-refractivity contribution >= 4 is 11.3 Å². The van der Waals surface area contributed by atoms with Crippen LogP contribution in [0.3, 0.4) is 0 Å². The molecular formula is C19H17F3N4OS. The van der Waals surface area contributed by atoms with E-state index in [9.17, 15) is 18.0 Å². The number of aromatic nitrogens is 3. The third kappa shape index (κ3) is 3.72. The molecule has 0 saturated carbocycles. The van der Waals surface area contributed by atoms with Gasteiger partial charge in [0.25, 0.3) is 5.56 Å². The van der Waals surface area contributed by atoms with Crippen molar-refractivity contribution in [1.82, 2.24) is 19.9 Å². The second-order valence-electron chi connectivity index (χ2n) is 6.74. The Morgan fingerprint density at radius 2 is 2.07 bits per heavy atom. The molecule has 0 saturated heterocycles. The zero-order valence-corrected chi connectivity index (χ0v) is 15.8. The van der Waals surface area contributed by atoms with E-state index in [4.69, 9.17) is 0 Å². The fraction of sp³-hybridized carbons (Fsp3) is 0.316. The highest BCUT2D eigenvalue weighted by atomic mass is 32.1. The number of halogens is 3. The second-order valence-corrected chi connectivity index (χ2v) is 7.86. The van der Waals surface area contributed by atoms with Crippen molar-refractivity contribution in [1.29, 1.82) is 0 Å². The predicted octanol–water partition coefficient (Wildman–Crippen LogP) is 3.78. The van der Waals surface area contributed by atoms with E-state index in [1.165, 1.54) is 0 Å². The summed E-state index contributed by atoms with van der Waals surface area (Å²) in [7, 11) is 0. The minimum Gasteiger partial charge on any atom is -0.303 e. The molecule has 0 amide bonds. The van der Waals surface area contributed by atoms with Crippen molar-refractivity contribution in [2.24, 2.45) is 0 Å². The lowest BCUT2D eigenvalue weighted by atomic mass is 10.1. The van der Waals surface area contributed by atoms with Crippen molar-refractivity contribution < 1.29 is 13.2 Å². The number of benzene rings is 1. The van der Waals surface area contributed by atoms with Crippen molar-refractivity contribution in [2.75, 3.05) is 6.54 Å². The van der Waals surface area contributed by atoms with Gasteiger partial charge in [0.15, 0.2) is 0 Å². The number of aromatic amines is 1. The molecule has 0 aliphatic carbocycles. The molecule has 1 N–H and O–H groups in total. The number of aryl methyl sites for hydroxylation is 1. The zero-order chi connectivity index (χ0) is 19.9. The summed E-state index contributed by atoms with van der Waals surface area (Å²) < 4.78 is 38.5. The third-order valence-corrected chi connectivity index (χ3v) is 5.74. The maximum Gasteiger partial charge on any atom is 0.449 e. The Hall–Kier alpha value is -2.52. The molecule has 1 aliphatic rings. The molecule has 9 heteroatoms. The Morgan fingerprint density at radius 3 is 2.82 bits per heavy atom. The van der Waals surface area contributed by atoms with Gasteiger partial charge in [0, 0.05) is 42.7 Å². The van der Waals surface area contributed by atoms with E-state index in [0.29, 0.717) is 25.1 Å². The number of rotatable bonds is 3. The lowest BCUT2D eigenvalue weighted by Crippen LogP contribution is -2.36. The molecule has 5 nitrogen and oxygen atoms in total. The fourth-order valence-electron chi connectivity index (χ4n) is 3.29. The van der Waals surface area contributed by atoms with Crippen LogP contribution in [-0.2, 0) is 25.7 Å². The van der Waals surface area contributed by atoms with Gasteiger partial charge < -0.3 is 4.98 Å². The molecule has 4 rings (SSSR count). The van der Waals surface area contributed by atoms with E-state index in [2.05, 4.69) is 9.97 Å². The number of thiazole rings is 1. The van der Waals surface area contributed by atoms with Crippen molar-refractivity contribution in [3.8, 4) is 10.6 Å². The number of hydrogen-bond acceptors (Lipinski definition) is 5. The number of nitrogens with one attached hydrogen (secondary N) is 1. The van der Waals surface area contributed by atoms with E-state index < -0.39 is 17.6 Å². The van der Waals surface area contributed by atoms with E-state index in [1.54, 1.807) is 11.3 Å². The highest BCUT2D eigenvalue weighted by Gasteiger charge is 2.36. The average Bonchev–Trinajstić information content (AvgIpc) is 3.10. The van der Waals surface area contributed by atoms with Crippen LogP contribution in [0.25, 0.3) is 10.6 Å². The highest BCUT2D eigenvalue weighted by Crippen LogP contribution is 2.30. The summed E-state index contributed by atoms with van der Waals surface area (Å²) in [6, 6.07) is 8.01. The molecule has 3 aromatic rings. The van der Waals surface area contributed by atoms with Gasteiger partial charge in [-0.15, -0.1) is 11.3 Å². The Morgan fingerprint density at radius 1 is 1.29 bits per heavy atom. The number of nitrogens with zero attached hydrogens (tertiary/aromatic N) is 3. The lowest BCUT2D eigenvalue weighted by molar-refractivity contribution is -0.145. The molecule has 146 valence electrons. The van der Waals surface area contributed by atoms with E-state index >= 15 is 0 Å². The summed E-state index contributed by atoms with van der Waals surface area (Å²) in [5.74, 6) is -1.23. The molecule has 0 radical (unpaired) electrons. The molecule has 0 atom stereocenters. The highest BCUT2D eigenvalue weighted by molar-refractivity contribution is 7.15. The fourth-order valence-corrected chi connectivity index (χ4v) is 4.33. The summed E-state index contributed by atoms with van der Waals surface area (Å²) in [4.78, 5) is 25.2. The molecule has 1 aliphatic heterocycles. The summed E-state index contributed by atoms with van der Waals surface area (Å²) in [5.41, 5.74) is 2.06. The van der Waals surface area contributed by atoms with Crippen molar-refractivity contribution in [3.63, 3.8) is 0 Å². The van der Waals surface area contributed by atoms with Gasteiger partial charge in [-0.25, -0.2) is 9.97 Å². The van der Waals surface area contributed by atoms with Crippen LogP contribution in [0, 0.1) is 6.92 Å². The smallest absolute Gasteiger partial charge is 0.303 e. The number of hydrogen-bond donors (Lipinski definition) is 1. The molecule has 28 heavy (non-hydrogen) atoms. The standard InChI is InChI=1S/C19H17F3N4OS/c1-11-4-2-3-5-13(11)17-23-8-12(28-17)9-26-7-6-15-14(10-26)16(27)25-18(24-15)19(20,21)22/h2-5,8H,6-7,9-10H2,1H3,(H,24,25,27). The number of H-pyrrole nitrogens is 1. The molecule has 2 aromatic heterocycles. The minimum absolute atomic E-state index is 0.234. The summed E-state index contributed by atoms with van der Waals surface area (Å²) in [6.07, 6.45) is -2.52. The van der Waals surface area contributed by atoms with Gasteiger partial charge >= 0.3 is 6.18 Å². The molecule has 0 fully saturated rings. The van der Waals surface area contributed by atoms with Crippen molar-refractivity contribution in [3.05, 3.63) is 68.3 Å². The number of alkyl halides is 3. The first-order chi connectivity index (χ1) is 13.3. The van der Waals surface area contributed by atoms with Crippen LogP contribution >= 0.6 is 11.3 Å². The molecule has 1 aromatic carbocycles. The number of fused-ring (bicyclic) bond motifs is 1. The van der Waals surface area contributed by atoms with Gasteiger partial charge in [0.2, 0.25) is 5.82 Å². The van der Waals surface area contributed by atoms with Crippen LogP contribution in [-0.4, -0.2) is 26.4 Å². The monoisotopic (exact) mass is 406 g/mol. The maximum atomic E-state index is 12.8. The molecule has 0 unspecified atom stereocenters. The Kier molecular flexibility index (Phi) is 4.80. The molecule has 0 bridgehead atoms. The van der Waals surface area contributed by atoms with Crippen LogP contribution in [0.4, 0.5) is 13.2 Å². The van der Waals surface area contributed by atoms with E-state index in [-0.39, 0.29) is 12.2 Å². The van der Waals surface area contributed by atoms with Gasteiger partial charge in [0.05, 0.1) is 11.3 Å². The first kappa shape index (κ1) is 18.8. The molecule has 3 heterocycles. The Balaban J connectivity index is 1.52. The van der Waals surface area contributed by atoms with Gasteiger partial charge in [-0.05, 0) is 12.5 Å². The maximum absolute atomic E-state index is 12.8. The summed E-state index contributed by atoms with van der Waals surface area (Å²) in [6.45, 7) is 3.43.